The van der Waals surface area contributed by atoms with Gasteiger partial charge in [0.05, 0.1) is 6.54 Å². The van der Waals surface area contributed by atoms with Crippen LogP contribution in [0.15, 0.2) is 70.4 Å². The molecule has 1 aliphatic rings. The van der Waals surface area contributed by atoms with E-state index in [1.54, 1.807) is 17.7 Å². The fraction of sp³-hybridized carbons (Fsp3) is 0.393. The van der Waals surface area contributed by atoms with Crippen molar-refractivity contribution < 1.29 is 0 Å². The van der Waals surface area contributed by atoms with Crippen LogP contribution in [0.5, 0.6) is 0 Å². The van der Waals surface area contributed by atoms with Crippen LogP contribution in [-0.2, 0) is 18.6 Å². The van der Waals surface area contributed by atoms with E-state index in [2.05, 4.69) is 28.8 Å². The summed E-state index contributed by atoms with van der Waals surface area (Å²) >= 11 is 0. The molecule has 34 heavy (non-hydrogen) atoms. The number of piperidine rings is 1. The summed E-state index contributed by atoms with van der Waals surface area (Å²) in [6, 6.07) is 18.0. The number of nitrogens with zero attached hydrogens (tertiary/aromatic N) is 4. The molecule has 3 aromatic rings. The number of hydrogen-bond donors (Lipinski definition) is 0. The molecular formula is C28H32N4O2. The fourth-order valence-corrected chi connectivity index (χ4v) is 5.02. The summed E-state index contributed by atoms with van der Waals surface area (Å²) in [7, 11) is 0. The maximum absolute atomic E-state index is 13.0. The molecule has 2 heterocycles. The lowest BCUT2D eigenvalue weighted by molar-refractivity contribution is 0.177. The first-order valence-electron chi connectivity index (χ1n) is 12.0. The summed E-state index contributed by atoms with van der Waals surface area (Å²) in [5, 5.41) is 0. The number of hydrogen-bond acceptors (Lipinski definition) is 3. The van der Waals surface area contributed by atoms with Crippen molar-refractivity contribution in [2.24, 2.45) is 0 Å². The lowest BCUT2D eigenvalue weighted by atomic mass is 9.79. The zero-order chi connectivity index (χ0) is 24.1. The predicted molar refractivity (Wildman–Crippen MR) is 135 cm³/mol. The number of aromatic nitrogens is 2. The van der Waals surface area contributed by atoms with Crippen LogP contribution < -0.4 is 11.2 Å². The molecule has 0 radical (unpaired) electrons. The normalized spacial score (nSPS) is 15.7. The first-order valence-corrected chi connectivity index (χ1v) is 12.0. The fourth-order valence-electron chi connectivity index (χ4n) is 5.02. The van der Waals surface area contributed by atoms with Gasteiger partial charge in [0.15, 0.2) is 0 Å². The molecular weight excluding hydrogens is 424 g/mol. The molecule has 0 N–H and O–H groups in total. The Labute approximate surface area is 200 Å². The molecule has 0 atom stereocenters. The quantitative estimate of drug-likeness (QED) is 0.506. The Morgan fingerprint density at radius 3 is 2.26 bits per heavy atom. The Morgan fingerprint density at radius 2 is 1.59 bits per heavy atom. The lowest BCUT2D eigenvalue weighted by Gasteiger charge is -2.34. The molecule has 1 saturated heterocycles. The highest BCUT2D eigenvalue weighted by atomic mass is 16.2. The van der Waals surface area contributed by atoms with E-state index >= 15 is 0 Å². The molecule has 0 aliphatic carbocycles. The van der Waals surface area contributed by atoms with Gasteiger partial charge in [0.25, 0.3) is 11.1 Å². The van der Waals surface area contributed by atoms with Crippen molar-refractivity contribution in [1.29, 1.82) is 0 Å². The first-order chi connectivity index (χ1) is 16.4. The van der Waals surface area contributed by atoms with E-state index in [1.807, 2.05) is 42.5 Å². The number of rotatable bonds is 7. The van der Waals surface area contributed by atoms with Crippen molar-refractivity contribution in [3.8, 4) is 0 Å². The summed E-state index contributed by atoms with van der Waals surface area (Å²) in [6.07, 6.45) is 3.99. The van der Waals surface area contributed by atoms with Crippen molar-refractivity contribution >= 4 is 0 Å². The molecule has 0 bridgehead atoms. The van der Waals surface area contributed by atoms with Gasteiger partial charge in [-0.3, -0.25) is 13.9 Å². The van der Waals surface area contributed by atoms with Crippen LogP contribution in [0.1, 0.15) is 41.5 Å². The van der Waals surface area contributed by atoms with Gasteiger partial charge in [0.1, 0.15) is 0 Å². The third-order valence-corrected chi connectivity index (χ3v) is 7.00. The molecule has 1 aliphatic heterocycles. The van der Waals surface area contributed by atoms with E-state index in [9.17, 15) is 9.59 Å². The van der Waals surface area contributed by atoms with Crippen LogP contribution in [0.25, 0.3) is 4.85 Å². The van der Waals surface area contributed by atoms with Gasteiger partial charge in [0.2, 0.25) is 0 Å². The monoisotopic (exact) mass is 456 g/mol. The van der Waals surface area contributed by atoms with Crippen molar-refractivity contribution in [2.75, 3.05) is 19.6 Å². The SMILES string of the molecule is [C-]#[N+]C1(c2ccccc2C)CCN(CCCn2c(=O)c(C)cn(Cc3ccccc3)c2=O)CC1. The van der Waals surface area contributed by atoms with Gasteiger partial charge >= 0.3 is 5.69 Å². The van der Waals surface area contributed by atoms with Gasteiger partial charge in [-0.05, 0) is 37.9 Å². The van der Waals surface area contributed by atoms with E-state index < -0.39 is 5.54 Å². The Kier molecular flexibility index (Phi) is 7.14. The van der Waals surface area contributed by atoms with E-state index in [0.29, 0.717) is 18.7 Å². The van der Waals surface area contributed by atoms with E-state index in [1.165, 1.54) is 10.1 Å². The summed E-state index contributed by atoms with van der Waals surface area (Å²) in [5.41, 5.74) is 3.02. The molecule has 2 aromatic carbocycles. The number of benzene rings is 2. The second-order valence-electron chi connectivity index (χ2n) is 9.32. The van der Waals surface area contributed by atoms with Crippen molar-refractivity contribution in [3.05, 3.63) is 115 Å². The molecule has 0 saturated carbocycles. The van der Waals surface area contributed by atoms with Gasteiger partial charge in [-0.2, -0.15) is 0 Å². The summed E-state index contributed by atoms with van der Waals surface area (Å²) < 4.78 is 3.00. The van der Waals surface area contributed by atoms with Gasteiger partial charge in [-0.25, -0.2) is 11.4 Å². The van der Waals surface area contributed by atoms with E-state index in [0.717, 1.165) is 50.0 Å². The van der Waals surface area contributed by atoms with Gasteiger partial charge in [-0.1, -0.05) is 54.6 Å². The zero-order valence-corrected chi connectivity index (χ0v) is 20.0. The average Bonchev–Trinajstić information content (AvgIpc) is 2.86. The number of aryl methyl sites for hydroxylation is 2. The highest BCUT2D eigenvalue weighted by Crippen LogP contribution is 2.38. The van der Waals surface area contributed by atoms with Crippen molar-refractivity contribution in [3.63, 3.8) is 0 Å². The summed E-state index contributed by atoms with van der Waals surface area (Å²) in [4.78, 5) is 32.1. The zero-order valence-electron chi connectivity index (χ0n) is 20.0. The van der Waals surface area contributed by atoms with E-state index in [4.69, 9.17) is 6.57 Å². The minimum Gasteiger partial charge on any atom is -0.305 e. The Morgan fingerprint density at radius 1 is 0.912 bits per heavy atom. The molecule has 6 nitrogen and oxygen atoms in total. The maximum Gasteiger partial charge on any atom is 0.331 e. The minimum atomic E-state index is -0.444. The molecule has 1 aromatic heterocycles. The third kappa shape index (κ3) is 4.90. The smallest absolute Gasteiger partial charge is 0.305 e. The standard InChI is InChI=1S/C28H32N4O2/c1-22-10-7-8-13-25(22)28(29-3)14-18-30(19-15-28)16-9-17-32-26(33)23(2)20-31(27(32)34)21-24-11-5-4-6-12-24/h4-8,10-13,20H,9,14-19,21H2,1-2H3. The molecule has 0 amide bonds. The van der Waals surface area contributed by atoms with E-state index in [-0.39, 0.29) is 11.2 Å². The van der Waals surface area contributed by atoms with Gasteiger partial charge in [-0.15, -0.1) is 0 Å². The van der Waals surface area contributed by atoms with Crippen molar-refractivity contribution in [2.45, 2.75) is 51.7 Å². The first kappa shape index (κ1) is 23.7. The predicted octanol–water partition coefficient (Wildman–Crippen LogP) is 3.98. The van der Waals surface area contributed by atoms with Crippen LogP contribution >= 0.6 is 0 Å². The van der Waals surface area contributed by atoms with Crippen LogP contribution in [-0.4, -0.2) is 33.7 Å². The Balaban J connectivity index is 1.40. The maximum atomic E-state index is 13.0. The van der Waals surface area contributed by atoms with Gasteiger partial charge < -0.3 is 9.74 Å². The van der Waals surface area contributed by atoms with Gasteiger partial charge in [0, 0.05) is 49.8 Å². The number of likely N-dealkylation sites (tertiary alicyclic amines) is 1. The largest absolute Gasteiger partial charge is 0.331 e. The highest BCUT2D eigenvalue weighted by Gasteiger charge is 2.42. The van der Waals surface area contributed by atoms with Crippen molar-refractivity contribution in [1.82, 2.24) is 14.0 Å². The van der Waals surface area contributed by atoms with Crippen LogP contribution in [0.2, 0.25) is 0 Å². The second-order valence-corrected chi connectivity index (χ2v) is 9.32. The Hall–Kier alpha value is -3.43. The molecule has 1 fully saturated rings. The Bertz CT molecular complexity index is 1290. The summed E-state index contributed by atoms with van der Waals surface area (Å²) in [5.74, 6) is 0. The summed E-state index contributed by atoms with van der Waals surface area (Å²) in [6.45, 7) is 15.1. The molecule has 6 heteroatoms. The highest BCUT2D eigenvalue weighted by molar-refractivity contribution is 5.36. The molecule has 0 unspecified atom stereocenters. The lowest BCUT2D eigenvalue weighted by Crippen LogP contribution is -2.43. The van der Waals surface area contributed by atoms with Crippen LogP contribution in [0, 0.1) is 20.4 Å². The molecule has 0 spiro atoms. The van der Waals surface area contributed by atoms with Crippen LogP contribution in [0.4, 0.5) is 0 Å². The average molecular weight is 457 g/mol. The molecule has 4 rings (SSSR count). The van der Waals surface area contributed by atoms with Crippen LogP contribution in [0.3, 0.4) is 0 Å². The molecule has 176 valence electrons. The minimum absolute atomic E-state index is 0.209. The second kappa shape index (κ2) is 10.2. The topological polar surface area (TPSA) is 51.6 Å². The third-order valence-electron chi connectivity index (χ3n) is 7.00.